The minimum atomic E-state index is -0.763. The fraction of sp³-hybridized carbons (Fsp3) is 0.306. The molecule has 5 aromatic rings. The van der Waals surface area contributed by atoms with Crippen LogP contribution in [0.4, 0.5) is 8.78 Å². The Balaban J connectivity index is 1.48. The molecule has 8 nitrogen and oxygen atoms in total. The second kappa shape index (κ2) is 12.6. The Bertz CT molecular complexity index is 2020. The first kappa shape index (κ1) is 31.2. The molecule has 242 valence electrons. The van der Waals surface area contributed by atoms with Gasteiger partial charge in [0.1, 0.15) is 35.4 Å². The molecule has 0 saturated carbocycles. The third-order valence-corrected chi connectivity index (χ3v) is 10.00. The number of aromatic nitrogens is 3. The Morgan fingerprint density at radius 3 is 2.72 bits per heavy atom. The number of amides is 1. The van der Waals surface area contributed by atoms with Gasteiger partial charge in [-0.05, 0) is 61.2 Å². The number of fused-ring (bicyclic) bond motifs is 3. The van der Waals surface area contributed by atoms with Crippen molar-refractivity contribution in [3.63, 3.8) is 0 Å². The zero-order valence-electron chi connectivity index (χ0n) is 26.6. The maximum Gasteiger partial charge on any atom is 0.246 e. The number of halogens is 2. The summed E-state index contributed by atoms with van der Waals surface area (Å²) in [7, 11) is 3.66. The van der Waals surface area contributed by atoms with Crippen LogP contribution in [0, 0.1) is 11.6 Å². The molecule has 0 fully saturated rings. The van der Waals surface area contributed by atoms with Crippen LogP contribution >= 0.6 is 11.3 Å². The first-order chi connectivity index (χ1) is 22.8. The molecule has 0 aliphatic carbocycles. The first-order valence-corrected chi connectivity index (χ1v) is 16.5. The average molecular weight is 656 g/mol. The number of nitrogens with zero attached hydrogens (tertiary/aromatic N) is 5. The van der Waals surface area contributed by atoms with Crippen LogP contribution in [-0.4, -0.2) is 70.9 Å². The van der Waals surface area contributed by atoms with Gasteiger partial charge < -0.3 is 19.3 Å². The molecule has 11 heteroatoms. The molecule has 2 aliphatic heterocycles. The molecule has 0 radical (unpaired) electrons. The van der Waals surface area contributed by atoms with E-state index in [2.05, 4.69) is 36.7 Å². The topological polar surface area (TPSA) is 72.7 Å². The zero-order valence-corrected chi connectivity index (χ0v) is 27.4. The van der Waals surface area contributed by atoms with Crippen molar-refractivity contribution >= 4 is 27.3 Å². The van der Waals surface area contributed by atoms with Crippen molar-refractivity contribution in [2.75, 3.05) is 40.5 Å². The highest BCUT2D eigenvalue weighted by Crippen LogP contribution is 2.47. The average Bonchev–Trinajstić information content (AvgIpc) is 3.73. The van der Waals surface area contributed by atoms with Crippen molar-refractivity contribution in [3.8, 4) is 39.5 Å². The van der Waals surface area contributed by atoms with E-state index in [0.717, 1.165) is 52.6 Å². The zero-order chi connectivity index (χ0) is 32.8. The molecule has 0 spiro atoms. The number of ether oxygens (including phenoxy) is 2. The van der Waals surface area contributed by atoms with Gasteiger partial charge in [-0.1, -0.05) is 18.7 Å². The number of pyridine rings is 1. The van der Waals surface area contributed by atoms with Crippen LogP contribution in [0.15, 0.2) is 60.5 Å². The van der Waals surface area contributed by atoms with E-state index in [1.54, 1.807) is 4.90 Å². The Kier molecular flexibility index (Phi) is 8.37. The van der Waals surface area contributed by atoms with Crippen LogP contribution in [0.5, 0.6) is 5.75 Å². The van der Waals surface area contributed by atoms with Crippen LogP contribution in [0.3, 0.4) is 0 Å². The van der Waals surface area contributed by atoms with Crippen molar-refractivity contribution in [3.05, 3.63) is 89.0 Å². The van der Waals surface area contributed by atoms with Gasteiger partial charge in [0.15, 0.2) is 0 Å². The van der Waals surface area contributed by atoms with Gasteiger partial charge in [-0.3, -0.25) is 9.48 Å². The highest BCUT2D eigenvalue weighted by atomic mass is 32.1. The highest BCUT2D eigenvalue weighted by molar-refractivity contribution is 7.18. The van der Waals surface area contributed by atoms with Crippen molar-refractivity contribution in [1.29, 1.82) is 0 Å². The van der Waals surface area contributed by atoms with Crippen molar-refractivity contribution in [1.82, 2.24) is 24.6 Å². The number of hydrogen-bond acceptors (Lipinski definition) is 7. The molecule has 2 aliphatic rings. The normalized spacial score (nSPS) is 16.3. The van der Waals surface area contributed by atoms with Crippen LogP contribution in [0.25, 0.3) is 43.9 Å². The number of carbonyl (C=O) groups is 1. The molecule has 5 heterocycles. The molecule has 2 aromatic carbocycles. The quantitative estimate of drug-likeness (QED) is 0.134. The maximum atomic E-state index is 16.1. The molecule has 47 heavy (non-hydrogen) atoms. The Morgan fingerprint density at radius 2 is 1.91 bits per heavy atom. The van der Waals surface area contributed by atoms with Crippen LogP contribution in [0.2, 0.25) is 0 Å². The second-order valence-corrected chi connectivity index (χ2v) is 12.9. The fourth-order valence-corrected chi connectivity index (χ4v) is 7.63. The molecule has 0 saturated heterocycles. The Labute approximate surface area is 275 Å². The summed E-state index contributed by atoms with van der Waals surface area (Å²) >= 11 is 1.46. The van der Waals surface area contributed by atoms with Crippen LogP contribution in [-0.2, 0) is 29.0 Å². The van der Waals surface area contributed by atoms with Crippen molar-refractivity contribution in [2.24, 2.45) is 0 Å². The van der Waals surface area contributed by atoms with Gasteiger partial charge in [0.05, 0.1) is 36.1 Å². The molecule has 1 amide bonds. The minimum Gasteiger partial charge on any atom is -0.490 e. The second-order valence-electron chi connectivity index (χ2n) is 12.0. The minimum absolute atomic E-state index is 0.0584. The molecule has 0 N–H and O–H groups in total. The summed E-state index contributed by atoms with van der Waals surface area (Å²) in [6, 6.07) is 12.2. The van der Waals surface area contributed by atoms with E-state index in [1.807, 2.05) is 29.1 Å². The summed E-state index contributed by atoms with van der Waals surface area (Å²) in [6.45, 7) is 8.79. The van der Waals surface area contributed by atoms with E-state index in [1.165, 1.54) is 41.7 Å². The molecular formula is C36H35F2N5O3S. The summed E-state index contributed by atoms with van der Waals surface area (Å²) in [5, 5.41) is 7.78. The SMILES string of the molecule is C=CC(=O)N1CCn2nc(-c3nc(-c4ccc5c(c4)CCN(C)C5)c4ccsc4c3-c3c(F)cc(F)cc3OCCOC)cc2C1C. The summed E-state index contributed by atoms with van der Waals surface area (Å²) in [5.74, 6) is -1.61. The van der Waals surface area contributed by atoms with Gasteiger partial charge in [-0.2, -0.15) is 5.10 Å². The maximum absolute atomic E-state index is 16.1. The van der Waals surface area contributed by atoms with Gasteiger partial charge in [-0.15, -0.1) is 11.3 Å². The number of hydrogen-bond donors (Lipinski definition) is 0. The van der Waals surface area contributed by atoms with Gasteiger partial charge >= 0.3 is 0 Å². The molecule has 1 unspecified atom stereocenters. The Hall–Kier alpha value is -4.45. The lowest BCUT2D eigenvalue weighted by molar-refractivity contribution is -0.129. The van der Waals surface area contributed by atoms with Gasteiger partial charge in [0.25, 0.3) is 0 Å². The number of rotatable bonds is 8. The highest BCUT2D eigenvalue weighted by Gasteiger charge is 2.31. The lowest BCUT2D eigenvalue weighted by Gasteiger charge is -2.33. The van der Waals surface area contributed by atoms with E-state index in [-0.39, 0.29) is 36.5 Å². The molecular weight excluding hydrogens is 620 g/mol. The van der Waals surface area contributed by atoms with Crippen LogP contribution < -0.4 is 4.74 Å². The smallest absolute Gasteiger partial charge is 0.246 e. The van der Waals surface area contributed by atoms with E-state index in [4.69, 9.17) is 19.6 Å². The van der Waals surface area contributed by atoms with E-state index in [9.17, 15) is 9.18 Å². The number of carbonyl (C=O) groups excluding carboxylic acids is 1. The standard InChI is InChI=1S/C36H35F2N5O3S/c1-5-31(44)42-11-12-43-29(21(42)2)19-28(40-43)35-33(32-27(38)17-25(37)18-30(32)46-14-13-45-4)36-26(9-15-47-36)34(39-35)23-6-7-24-20-41(3)10-8-22(24)16-23/h5-7,9,15-19,21H,1,8,10-14,20H2,2-4H3. The van der Waals surface area contributed by atoms with Crippen LogP contribution in [0.1, 0.15) is 29.8 Å². The largest absolute Gasteiger partial charge is 0.490 e. The summed E-state index contributed by atoms with van der Waals surface area (Å²) in [5.41, 5.74) is 6.69. The first-order valence-electron chi connectivity index (χ1n) is 15.6. The monoisotopic (exact) mass is 655 g/mol. The van der Waals surface area contributed by atoms with E-state index >= 15 is 4.39 Å². The van der Waals surface area contributed by atoms with Gasteiger partial charge in [0.2, 0.25) is 5.91 Å². The summed E-state index contributed by atoms with van der Waals surface area (Å²) in [4.78, 5) is 22.0. The molecule has 1 atom stereocenters. The molecule has 0 bridgehead atoms. The lowest BCUT2D eigenvalue weighted by Crippen LogP contribution is -2.40. The number of benzene rings is 2. The summed E-state index contributed by atoms with van der Waals surface area (Å²) in [6.07, 6.45) is 2.26. The predicted molar refractivity (Wildman–Crippen MR) is 179 cm³/mol. The molecule has 3 aromatic heterocycles. The third kappa shape index (κ3) is 5.62. The fourth-order valence-electron chi connectivity index (χ4n) is 6.68. The van der Waals surface area contributed by atoms with E-state index < -0.39 is 11.6 Å². The number of likely N-dealkylation sites (N-methyl/N-ethyl adjacent to an activating group) is 1. The van der Waals surface area contributed by atoms with Crippen molar-refractivity contribution in [2.45, 2.75) is 32.5 Å². The molecule has 7 rings (SSSR count). The predicted octanol–water partition coefficient (Wildman–Crippen LogP) is 6.87. The third-order valence-electron chi connectivity index (χ3n) is 9.06. The number of thiophene rings is 1. The Morgan fingerprint density at radius 1 is 1.06 bits per heavy atom. The lowest BCUT2D eigenvalue weighted by atomic mass is 9.93. The van der Waals surface area contributed by atoms with E-state index in [0.29, 0.717) is 30.0 Å². The summed E-state index contributed by atoms with van der Waals surface area (Å²) < 4.78 is 44.5. The van der Waals surface area contributed by atoms with Gasteiger partial charge in [0, 0.05) is 60.1 Å². The van der Waals surface area contributed by atoms with Crippen molar-refractivity contribution < 1.29 is 23.0 Å². The van der Waals surface area contributed by atoms with Gasteiger partial charge in [-0.25, -0.2) is 13.8 Å². The number of methoxy groups -OCH3 is 1.